The molecule has 16 heavy (non-hydrogen) atoms. The van der Waals surface area contributed by atoms with Crippen molar-refractivity contribution in [3.05, 3.63) is 35.4 Å². The number of alkyl halides is 1. The smallest absolute Gasteiger partial charge is 0.236 e. The Labute approximate surface area is 102 Å². The van der Waals surface area contributed by atoms with Crippen LogP contribution in [0.15, 0.2) is 29.4 Å². The number of hydrogen-bond donors (Lipinski definition) is 1. The van der Waals surface area contributed by atoms with Gasteiger partial charge in [-0.3, -0.25) is 4.79 Å². The summed E-state index contributed by atoms with van der Waals surface area (Å²) in [6.45, 7) is 1.40. The molecule has 0 saturated carbocycles. The van der Waals surface area contributed by atoms with Gasteiger partial charge in [-0.15, -0.1) is 0 Å². The second kappa shape index (κ2) is 6.03. The molecule has 0 aliphatic heterocycles. The minimum atomic E-state index is -0.216. The summed E-state index contributed by atoms with van der Waals surface area (Å²) in [5, 5.41) is 13.1. The molecule has 0 unspecified atom stereocenters. The third kappa shape index (κ3) is 3.48. The highest BCUT2D eigenvalue weighted by molar-refractivity contribution is 9.09. The topological polar surface area (TPSA) is 65.2 Å². The van der Waals surface area contributed by atoms with Crippen LogP contribution >= 0.6 is 15.9 Å². The van der Waals surface area contributed by atoms with Crippen LogP contribution in [0.5, 0.6) is 0 Å². The molecular formula is C11H10BrN3O. The minimum absolute atomic E-state index is 0.216. The van der Waals surface area contributed by atoms with E-state index in [0.29, 0.717) is 16.6 Å². The van der Waals surface area contributed by atoms with E-state index in [1.807, 2.05) is 6.07 Å². The van der Waals surface area contributed by atoms with Gasteiger partial charge >= 0.3 is 0 Å². The van der Waals surface area contributed by atoms with Crippen molar-refractivity contribution in [2.75, 3.05) is 5.33 Å². The quantitative estimate of drug-likeness (QED) is 0.521. The van der Waals surface area contributed by atoms with Gasteiger partial charge in [-0.2, -0.15) is 10.4 Å². The highest BCUT2D eigenvalue weighted by Crippen LogP contribution is 2.06. The number of hydrazone groups is 1. The molecule has 0 aliphatic carbocycles. The van der Waals surface area contributed by atoms with Gasteiger partial charge in [-0.1, -0.05) is 28.1 Å². The highest BCUT2D eigenvalue weighted by atomic mass is 79.9. The minimum Gasteiger partial charge on any atom is -0.274 e. The summed E-state index contributed by atoms with van der Waals surface area (Å²) >= 11 is 3.29. The zero-order chi connectivity index (χ0) is 12.0. The van der Waals surface area contributed by atoms with E-state index in [9.17, 15) is 4.79 Å². The summed E-state index contributed by atoms with van der Waals surface area (Å²) in [5.41, 5.74) is 4.55. The van der Waals surface area contributed by atoms with Crippen molar-refractivity contribution in [2.45, 2.75) is 6.92 Å². The van der Waals surface area contributed by atoms with Gasteiger partial charge < -0.3 is 0 Å². The molecule has 0 aromatic heterocycles. The number of halogens is 1. The Hall–Kier alpha value is -1.67. The number of rotatable bonds is 3. The summed E-state index contributed by atoms with van der Waals surface area (Å²) in [5.74, 6) is -0.216. The number of benzene rings is 1. The van der Waals surface area contributed by atoms with Gasteiger partial charge in [-0.25, -0.2) is 5.43 Å². The molecular weight excluding hydrogens is 270 g/mol. The molecule has 4 nitrogen and oxygen atoms in total. The van der Waals surface area contributed by atoms with E-state index in [2.05, 4.69) is 26.5 Å². The maximum Gasteiger partial charge on any atom is 0.236 e. The Morgan fingerprint density at radius 1 is 1.50 bits per heavy atom. The molecule has 82 valence electrons. The number of carbonyl (C=O) groups excluding carboxylic acids is 1. The molecule has 0 bridgehead atoms. The van der Waals surface area contributed by atoms with Crippen LogP contribution in [-0.4, -0.2) is 16.9 Å². The molecule has 1 rings (SSSR count). The molecule has 1 aromatic rings. The molecule has 0 radical (unpaired) electrons. The zero-order valence-corrected chi connectivity index (χ0v) is 10.3. The zero-order valence-electron chi connectivity index (χ0n) is 8.70. The Balaban J connectivity index is 2.91. The van der Waals surface area contributed by atoms with Crippen LogP contribution < -0.4 is 5.43 Å². The molecule has 0 atom stereocenters. The van der Waals surface area contributed by atoms with Gasteiger partial charge in [0.1, 0.15) is 0 Å². The first kappa shape index (κ1) is 12.4. The Kier molecular flexibility index (Phi) is 4.67. The van der Waals surface area contributed by atoms with Crippen molar-refractivity contribution in [3.63, 3.8) is 0 Å². The highest BCUT2D eigenvalue weighted by Gasteiger charge is 2.02. The van der Waals surface area contributed by atoms with Gasteiger partial charge in [0.15, 0.2) is 0 Å². The van der Waals surface area contributed by atoms with E-state index >= 15 is 0 Å². The second-order valence-corrected chi connectivity index (χ2v) is 3.61. The van der Waals surface area contributed by atoms with E-state index < -0.39 is 0 Å². The van der Waals surface area contributed by atoms with E-state index in [0.717, 1.165) is 5.56 Å². The molecule has 0 fully saturated rings. The molecule has 1 amide bonds. The van der Waals surface area contributed by atoms with E-state index in [4.69, 9.17) is 5.26 Å². The molecule has 5 heteroatoms. The predicted octanol–water partition coefficient (Wildman–Crippen LogP) is 1.79. The lowest BCUT2D eigenvalue weighted by molar-refractivity contribution is -0.118. The van der Waals surface area contributed by atoms with E-state index in [1.54, 1.807) is 24.3 Å². The fraction of sp³-hybridized carbons (Fsp3) is 0.182. The van der Waals surface area contributed by atoms with Crippen LogP contribution in [0.1, 0.15) is 18.1 Å². The van der Waals surface area contributed by atoms with Gasteiger partial charge in [-0.05, 0) is 17.7 Å². The lowest BCUT2D eigenvalue weighted by atomic mass is 10.1. The normalized spacial score (nSPS) is 10.7. The van der Waals surface area contributed by atoms with Crippen molar-refractivity contribution < 1.29 is 4.79 Å². The number of carbonyl (C=O) groups is 1. The van der Waals surface area contributed by atoms with E-state index in [1.165, 1.54) is 6.92 Å². The summed E-state index contributed by atoms with van der Waals surface area (Å²) in [7, 11) is 0. The Morgan fingerprint density at radius 3 is 2.56 bits per heavy atom. The van der Waals surface area contributed by atoms with Gasteiger partial charge in [0.05, 0.1) is 17.3 Å². The maximum atomic E-state index is 10.7. The summed E-state index contributed by atoms with van der Waals surface area (Å²) < 4.78 is 0. The Morgan fingerprint density at radius 2 is 2.12 bits per heavy atom. The fourth-order valence-electron chi connectivity index (χ4n) is 1.05. The van der Waals surface area contributed by atoms with Crippen molar-refractivity contribution >= 4 is 27.5 Å². The van der Waals surface area contributed by atoms with Gasteiger partial charge in [0, 0.05) is 12.3 Å². The van der Waals surface area contributed by atoms with Crippen molar-refractivity contribution in [2.24, 2.45) is 5.10 Å². The maximum absolute atomic E-state index is 10.7. The van der Waals surface area contributed by atoms with Gasteiger partial charge in [0.25, 0.3) is 0 Å². The van der Waals surface area contributed by atoms with Crippen molar-refractivity contribution in [3.8, 4) is 6.07 Å². The van der Waals surface area contributed by atoms with Crippen LogP contribution in [0.4, 0.5) is 0 Å². The summed E-state index contributed by atoms with van der Waals surface area (Å²) in [6, 6.07) is 9.04. The largest absolute Gasteiger partial charge is 0.274 e. The molecule has 0 heterocycles. The number of nitrogens with zero attached hydrogens (tertiary/aromatic N) is 2. The monoisotopic (exact) mass is 279 g/mol. The van der Waals surface area contributed by atoms with E-state index in [-0.39, 0.29) is 5.91 Å². The predicted molar refractivity (Wildman–Crippen MR) is 65.3 cm³/mol. The summed E-state index contributed by atoms with van der Waals surface area (Å²) in [6.07, 6.45) is 0. The van der Waals surface area contributed by atoms with Crippen LogP contribution in [0, 0.1) is 11.3 Å². The van der Waals surface area contributed by atoms with Gasteiger partial charge in [0.2, 0.25) is 5.91 Å². The van der Waals surface area contributed by atoms with Crippen molar-refractivity contribution in [1.29, 1.82) is 5.26 Å². The second-order valence-electron chi connectivity index (χ2n) is 3.05. The standard InChI is InChI=1S/C11H10BrN3O/c1-8(16)14-15-11(6-12)10-4-2-9(7-13)3-5-10/h2-5H,6H2,1H3,(H,14,16)/b15-11+. The fourth-order valence-corrected chi connectivity index (χ4v) is 1.50. The average molecular weight is 280 g/mol. The first-order valence-corrected chi connectivity index (χ1v) is 5.69. The summed E-state index contributed by atoms with van der Waals surface area (Å²) in [4.78, 5) is 10.7. The molecule has 0 spiro atoms. The molecule has 1 aromatic carbocycles. The Bertz CT molecular complexity index is 445. The number of nitrogens with one attached hydrogen (secondary N) is 1. The molecule has 1 N–H and O–H groups in total. The molecule has 0 saturated heterocycles. The third-order valence-electron chi connectivity index (χ3n) is 1.82. The number of hydrogen-bond acceptors (Lipinski definition) is 3. The average Bonchev–Trinajstić information content (AvgIpc) is 2.30. The first-order valence-electron chi connectivity index (χ1n) is 4.57. The number of nitriles is 1. The first-order chi connectivity index (χ1) is 7.67. The SMILES string of the molecule is CC(=O)N/N=C(\CBr)c1ccc(C#N)cc1. The van der Waals surface area contributed by atoms with Crippen LogP contribution in [0.25, 0.3) is 0 Å². The lowest BCUT2D eigenvalue weighted by Crippen LogP contribution is -2.17. The molecule has 0 aliphatic rings. The number of amides is 1. The third-order valence-corrected chi connectivity index (χ3v) is 2.35. The van der Waals surface area contributed by atoms with Crippen LogP contribution in [0.3, 0.4) is 0 Å². The van der Waals surface area contributed by atoms with Crippen molar-refractivity contribution in [1.82, 2.24) is 5.43 Å². The lowest BCUT2D eigenvalue weighted by Gasteiger charge is -2.03. The van der Waals surface area contributed by atoms with Crippen LogP contribution in [-0.2, 0) is 4.79 Å². The van der Waals surface area contributed by atoms with Crippen LogP contribution in [0.2, 0.25) is 0 Å².